The van der Waals surface area contributed by atoms with Gasteiger partial charge in [0.05, 0.1) is 26.3 Å². The zero-order valence-electron chi connectivity index (χ0n) is 16.0. The largest absolute Gasteiger partial charge is 0.496 e. The van der Waals surface area contributed by atoms with Crippen LogP contribution >= 0.6 is 12.4 Å². The summed E-state index contributed by atoms with van der Waals surface area (Å²) in [7, 11) is 3.17. The first kappa shape index (κ1) is 21.9. The standard InChI is InChI=1S/C19H24N4O4.ClH/c1-26-12-11-23-18(24)8-7-15(21-23)19(25)22-10-9-20-13-16(22)14-5-3-4-6-17(14)27-2;/h3-8,16,20H,9-13H2,1-2H3;1H. The molecule has 9 heteroatoms. The van der Waals surface area contributed by atoms with E-state index < -0.39 is 0 Å². The van der Waals surface area contributed by atoms with Crippen molar-refractivity contribution < 1.29 is 14.3 Å². The second-order valence-corrected chi connectivity index (χ2v) is 6.23. The molecule has 8 nitrogen and oxygen atoms in total. The maximum atomic E-state index is 13.2. The molecule has 0 spiro atoms. The number of methoxy groups -OCH3 is 2. The molecule has 0 saturated carbocycles. The van der Waals surface area contributed by atoms with Crippen LogP contribution in [0.15, 0.2) is 41.2 Å². The van der Waals surface area contributed by atoms with Crippen molar-refractivity contribution in [3.05, 3.63) is 58.0 Å². The highest BCUT2D eigenvalue weighted by molar-refractivity contribution is 5.92. The van der Waals surface area contributed by atoms with Crippen molar-refractivity contribution >= 4 is 18.3 Å². The molecule has 1 N–H and O–H groups in total. The average Bonchev–Trinajstić information content (AvgIpc) is 2.72. The van der Waals surface area contributed by atoms with Gasteiger partial charge in [-0.2, -0.15) is 5.10 Å². The van der Waals surface area contributed by atoms with Crippen LogP contribution in [0.1, 0.15) is 22.1 Å². The Labute approximate surface area is 169 Å². The van der Waals surface area contributed by atoms with Gasteiger partial charge < -0.3 is 19.7 Å². The molecular weight excluding hydrogens is 384 g/mol. The first-order valence-electron chi connectivity index (χ1n) is 8.87. The number of rotatable bonds is 6. The molecule has 1 aliphatic heterocycles. The van der Waals surface area contributed by atoms with Gasteiger partial charge in [-0.25, -0.2) is 4.68 Å². The number of carbonyl (C=O) groups excluding carboxylic acids is 1. The predicted octanol–water partition coefficient (Wildman–Crippen LogP) is 1.11. The molecule has 3 rings (SSSR count). The average molecular weight is 409 g/mol. The number of amides is 1. The number of carbonyl (C=O) groups is 1. The van der Waals surface area contributed by atoms with E-state index in [1.165, 1.54) is 16.8 Å². The fourth-order valence-electron chi connectivity index (χ4n) is 3.22. The molecule has 1 aromatic heterocycles. The van der Waals surface area contributed by atoms with Crippen LogP contribution in [0.25, 0.3) is 0 Å². The molecule has 152 valence electrons. The van der Waals surface area contributed by atoms with Gasteiger partial charge in [0.2, 0.25) is 0 Å². The maximum absolute atomic E-state index is 13.2. The molecular formula is C19H25ClN4O4. The van der Waals surface area contributed by atoms with E-state index in [2.05, 4.69) is 10.4 Å². The summed E-state index contributed by atoms with van der Waals surface area (Å²) < 4.78 is 11.7. The summed E-state index contributed by atoms with van der Waals surface area (Å²) >= 11 is 0. The molecule has 0 aliphatic carbocycles. The Morgan fingerprint density at radius 3 is 2.79 bits per heavy atom. The van der Waals surface area contributed by atoms with Gasteiger partial charge in [-0.3, -0.25) is 9.59 Å². The number of nitrogens with zero attached hydrogens (tertiary/aromatic N) is 3. The van der Waals surface area contributed by atoms with Gasteiger partial charge in [-0.15, -0.1) is 12.4 Å². The first-order chi connectivity index (χ1) is 13.2. The molecule has 1 amide bonds. The highest BCUT2D eigenvalue weighted by Gasteiger charge is 2.31. The summed E-state index contributed by atoms with van der Waals surface area (Å²) in [5.74, 6) is 0.528. The number of aromatic nitrogens is 2. The van der Waals surface area contributed by atoms with Crippen LogP contribution in [-0.4, -0.2) is 61.0 Å². The number of para-hydroxylation sites is 1. The third kappa shape index (κ3) is 4.70. The van der Waals surface area contributed by atoms with Crippen molar-refractivity contribution in [1.29, 1.82) is 0 Å². The minimum absolute atomic E-state index is 0. The van der Waals surface area contributed by atoms with Crippen LogP contribution in [0.4, 0.5) is 0 Å². The molecule has 2 heterocycles. The van der Waals surface area contributed by atoms with Crippen molar-refractivity contribution in [3.8, 4) is 5.75 Å². The molecule has 1 atom stereocenters. The van der Waals surface area contributed by atoms with Gasteiger partial charge in [-0.1, -0.05) is 18.2 Å². The lowest BCUT2D eigenvalue weighted by Gasteiger charge is -2.36. The van der Waals surface area contributed by atoms with E-state index in [1.807, 2.05) is 24.3 Å². The minimum atomic E-state index is -0.259. The lowest BCUT2D eigenvalue weighted by molar-refractivity contribution is 0.0621. The SMILES string of the molecule is COCCn1nc(C(=O)N2CCNCC2c2ccccc2OC)ccc1=O.Cl. The van der Waals surface area contributed by atoms with E-state index in [9.17, 15) is 9.59 Å². The number of piperazine rings is 1. The second-order valence-electron chi connectivity index (χ2n) is 6.23. The molecule has 28 heavy (non-hydrogen) atoms. The Hall–Kier alpha value is -2.42. The predicted molar refractivity (Wildman–Crippen MR) is 107 cm³/mol. The van der Waals surface area contributed by atoms with Gasteiger partial charge in [0, 0.05) is 38.4 Å². The van der Waals surface area contributed by atoms with Crippen LogP contribution in [0.5, 0.6) is 5.75 Å². The Bertz CT molecular complexity index is 858. The number of hydrogen-bond acceptors (Lipinski definition) is 6. The number of halogens is 1. The molecule has 2 aromatic rings. The van der Waals surface area contributed by atoms with Gasteiger partial charge in [0.15, 0.2) is 0 Å². The molecule has 1 fully saturated rings. The highest BCUT2D eigenvalue weighted by Crippen LogP contribution is 2.30. The molecule has 0 radical (unpaired) electrons. The van der Waals surface area contributed by atoms with Gasteiger partial charge in [-0.05, 0) is 12.1 Å². The Kier molecular flexibility index (Phi) is 7.98. The monoisotopic (exact) mass is 408 g/mol. The topological polar surface area (TPSA) is 85.7 Å². The zero-order valence-corrected chi connectivity index (χ0v) is 16.8. The summed E-state index contributed by atoms with van der Waals surface area (Å²) in [6.45, 7) is 2.51. The Morgan fingerprint density at radius 1 is 1.25 bits per heavy atom. The van der Waals surface area contributed by atoms with Crippen molar-refractivity contribution in [3.63, 3.8) is 0 Å². The summed E-state index contributed by atoms with van der Waals surface area (Å²) in [4.78, 5) is 26.9. The maximum Gasteiger partial charge on any atom is 0.274 e. The van der Waals surface area contributed by atoms with Crippen LogP contribution in [0.2, 0.25) is 0 Å². The van der Waals surface area contributed by atoms with E-state index in [-0.39, 0.29) is 35.6 Å². The molecule has 1 aliphatic rings. The number of benzene rings is 1. The van der Waals surface area contributed by atoms with Crippen molar-refractivity contribution in [2.24, 2.45) is 0 Å². The highest BCUT2D eigenvalue weighted by atomic mass is 35.5. The van der Waals surface area contributed by atoms with E-state index in [0.717, 1.165) is 11.3 Å². The van der Waals surface area contributed by atoms with E-state index in [0.29, 0.717) is 32.8 Å². The Morgan fingerprint density at radius 2 is 2.04 bits per heavy atom. The van der Waals surface area contributed by atoms with E-state index in [1.54, 1.807) is 19.1 Å². The van der Waals surface area contributed by atoms with Crippen LogP contribution < -0.4 is 15.6 Å². The number of hydrogen-bond donors (Lipinski definition) is 1. The fourth-order valence-corrected chi connectivity index (χ4v) is 3.22. The lowest BCUT2D eigenvalue weighted by Crippen LogP contribution is -2.49. The van der Waals surface area contributed by atoms with Gasteiger partial charge in [0.25, 0.3) is 11.5 Å². The van der Waals surface area contributed by atoms with E-state index in [4.69, 9.17) is 9.47 Å². The normalized spacial score (nSPS) is 16.4. The van der Waals surface area contributed by atoms with Gasteiger partial charge in [0.1, 0.15) is 11.4 Å². The molecule has 1 unspecified atom stereocenters. The van der Waals surface area contributed by atoms with Gasteiger partial charge >= 0.3 is 0 Å². The lowest BCUT2D eigenvalue weighted by atomic mass is 10.0. The number of ether oxygens (including phenoxy) is 2. The van der Waals surface area contributed by atoms with Crippen LogP contribution in [0.3, 0.4) is 0 Å². The second kappa shape index (κ2) is 10.2. The third-order valence-corrected chi connectivity index (χ3v) is 4.60. The molecule has 1 aromatic carbocycles. The third-order valence-electron chi connectivity index (χ3n) is 4.60. The summed E-state index contributed by atoms with van der Waals surface area (Å²) in [6.07, 6.45) is 0. The van der Waals surface area contributed by atoms with Crippen molar-refractivity contribution in [1.82, 2.24) is 20.0 Å². The minimum Gasteiger partial charge on any atom is -0.496 e. The fraction of sp³-hybridized carbons (Fsp3) is 0.421. The van der Waals surface area contributed by atoms with Crippen LogP contribution in [-0.2, 0) is 11.3 Å². The summed E-state index contributed by atoms with van der Waals surface area (Å²) in [5.41, 5.74) is 0.922. The zero-order chi connectivity index (χ0) is 19.2. The first-order valence-corrected chi connectivity index (χ1v) is 8.87. The van der Waals surface area contributed by atoms with E-state index >= 15 is 0 Å². The number of nitrogens with one attached hydrogen (secondary N) is 1. The summed E-state index contributed by atoms with van der Waals surface area (Å²) in [6, 6.07) is 10.4. The summed E-state index contributed by atoms with van der Waals surface area (Å²) in [5, 5.41) is 7.56. The smallest absolute Gasteiger partial charge is 0.274 e. The van der Waals surface area contributed by atoms with Crippen molar-refractivity contribution in [2.75, 3.05) is 40.5 Å². The molecule has 0 bridgehead atoms. The molecule has 1 saturated heterocycles. The van der Waals surface area contributed by atoms with Crippen LogP contribution in [0, 0.1) is 0 Å². The van der Waals surface area contributed by atoms with Crippen molar-refractivity contribution in [2.45, 2.75) is 12.6 Å². The Balaban J connectivity index is 0.00000280. The quantitative estimate of drug-likeness (QED) is 0.770.